The highest BCUT2D eigenvalue weighted by molar-refractivity contribution is 5.81. The molecule has 0 aliphatic rings. The van der Waals surface area contributed by atoms with Crippen LogP contribution in [0.2, 0.25) is 0 Å². The molecule has 2 N–H and O–H groups in total. The van der Waals surface area contributed by atoms with Crippen LogP contribution in [0.4, 0.5) is 0 Å². The van der Waals surface area contributed by atoms with Crippen molar-refractivity contribution in [2.75, 3.05) is 0 Å². The Morgan fingerprint density at radius 3 is 2.08 bits per heavy atom. The molecule has 0 bridgehead atoms. The Hall–Kier alpha value is -0.370. The van der Waals surface area contributed by atoms with E-state index in [-0.39, 0.29) is 17.2 Å². The number of rotatable bonds is 4. The summed E-state index contributed by atoms with van der Waals surface area (Å²) in [4.78, 5) is 10.9. The van der Waals surface area contributed by atoms with E-state index in [2.05, 4.69) is 27.7 Å². The molecule has 0 aliphatic carbocycles. The maximum atomic E-state index is 10.9. The Balaban J connectivity index is 4.15. The second-order valence-electron chi connectivity index (χ2n) is 4.56. The molecule has 0 spiro atoms. The van der Waals surface area contributed by atoms with Gasteiger partial charge in [0.05, 0.1) is 6.04 Å². The van der Waals surface area contributed by atoms with Crippen molar-refractivity contribution in [3.05, 3.63) is 0 Å². The molecule has 0 aromatic heterocycles. The van der Waals surface area contributed by atoms with Gasteiger partial charge in [0.25, 0.3) is 0 Å². The molecule has 1 unspecified atom stereocenters. The van der Waals surface area contributed by atoms with Crippen LogP contribution in [-0.2, 0) is 4.79 Å². The third-order valence-corrected chi connectivity index (χ3v) is 2.83. The van der Waals surface area contributed by atoms with Crippen LogP contribution >= 0.6 is 0 Å². The molecule has 1 atom stereocenters. The minimum atomic E-state index is -0.289. The normalized spacial score (nSPS) is 14.9. The Kier molecular flexibility index (Phi) is 3.91. The molecule has 0 aromatic carbocycles. The van der Waals surface area contributed by atoms with Crippen molar-refractivity contribution in [1.29, 1.82) is 0 Å². The van der Waals surface area contributed by atoms with Gasteiger partial charge in [0, 0.05) is 0 Å². The first kappa shape index (κ1) is 11.6. The highest BCUT2D eigenvalue weighted by atomic mass is 16.1. The smallest absolute Gasteiger partial charge is 0.146 e. The zero-order valence-electron chi connectivity index (χ0n) is 8.85. The lowest BCUT2D eigenvalue weighted by Gasteiger charge is -2.31. The lowest BCUT2D eigenvalue weighted by atomic mass is 9.76. The van der Waals surface area contributed by atoms with Gasteiger partial charge in [0.2, 0.25) is 0 Å². The molecule has 0 saturated heterocycles. The Morgan fingerprint density at radius 1 is 1.42 bits per heavy atom. The Morgan fingerprint density at radius 2 is 1.83 bits per heavy atom. The van der Waals surface area contributed by atoms with Crippen LogP contribution < -0.4 is 5.73 Å². The highest BCUT2D eigenvalue weighted by Gasteiger charge is 2.26. The van der Waals surface area contributed by atoms with Gasteiger partial charge in [-0.2, -0.15) is 0 Å². The molecule has 0 fully saturated rings. The largest absolute Gasteiger partial charge is 0.322 e. The number of carbonyl (C=O) groups excluding carboxylic acids is 1. The maximum absolute atomic E-state index is 10.9. The summed E-state index contributed by atoms with van der Waals surface area (Å²) < 4.78 is 0. The van der Waals surface area contributed by atoms with Crippen molar-refractivity contribution >= 4 is 5.78 Å². The van der Waals surface area contributed by atoms with Crippen molar-refractivity contribution in [2.24, 2.45) is 17.1 Å². The van der Waals surface area contributed by atoms with Crippen LogP contribution in [0.5, 0.6) is 0 Å². The lowest BCUT2D eigenvalue weighted by Crippen LogP contribution is -2.35. The first-order valence-corrected chi connectivity index (χ1v) is 4.53. The SMILES string of the molecule is CC(=O)C(N)CC(C)(C)C(C)C. The summed E-state index contributed by atoms with van der Waals surface area (Å²) in [7, 11) is 0. The average molecular weight is 171 g/mol. The number of carbonyl (C=O) groups is 1. The van der Waals surface area contributed by atoms with Gasteiger partial charge in [0.15, 0.2) is 0 Å². The standard InChI is InChI=1S/C10H21NO/c1-7(2)10(4,5)6-9(11)8(3)12/h7,9H,6,11H2,1-5H3. The van der Waals surface area contributed by atoms with E-state index < -0.39 is 0 Å². The molecular formula is C10H21NO. The monoisotopic (exact) mass is 171 g/mol. The van der Waals surface area contributed by atoms with Gasteiger partial charge in [-0.1, -0.05) is 27.7 Å². The van der Waals surface area contributed by atoms with E-state index in [0.717, 1.165) is 6.42 Å². The predicted octanol–water partition coefficient (Wildman–Crippen LogP) is 1.97. The zero-order valence-corrected chi connectivity index (χ0v) is 8.85. The van der Waals surface area contributed by atoms with Gasteiger partial charge < -0.3 is 5.73 Å². The first-order valence-electron chi connectivity index (χ1n) is 4.53. The molecule has 72 valence electrons. The quantitative estimate of drug-likeness (QED) is 0.702. The third-order valence-electron chi connectivity index (χ3n) is 2.83. The van der Waals surface area contributed by atoms with Gasteiger partial charge in [-0.15, -0.1) is 0 Å². The topological polar surface area (TPSA) is 43.1 Å². The van der Waals surface area contributed by atoms with Crippen LogP contribution in [0, 0.1) is 11.3 Å². The number of ketones is 1. The number of nitrogens with two attached hydrogens (primary N) is 1. The zero-order chi connectivity index (χ0) is 9.94. The van der Waals surface area contributed by atoms with Crippen LogP contribution in [0.1, 0.15) is 41.0 Å². The lowest BCUT2D eigenvalue weighted by molar-refractivity contribution is -0.119. The molecule has 0 heterocycles. The molecule has 0 aromatic rings. The maximum Gasteiger partial charge on any atom is 0.146 e. The molecular weight excluding hydrogens is 150 g/mol. The summed E-state index contributed by atoms with van der Waals surface area (Å²) in [5, 5.41) is 0. The second-order valence-corrected chi connectivity index (χ2v) is 4.56. The van der Waals surface area contributed by atoms with Crippen LogP contribution in [0.3, 0.4) is 0 Å². The average Bonchev–Trinajstić information content (AvgIpc) is 1.85. The van der Waals surface area contributed by atoms with Crippen molar-refractivity contribution in [2.45, 2.75) is 47.1 Å². The number of hydrogen-bond donors (Lipinski definition) is 1. The van der Waals surface area contributed by atoms with Crippen molar-refractivity contribution in [3.63, 3.8) is 0 Å². The molecule has 0 radical (unpaired) electrons. The van der Waals surface area contributed by atoms with E-state index in [1.165, 1.54) is 0 Å². The molecule has 0 amide bonds. The van der Waals surface area contributed by atoms with E-state index in [1.54, 1.807) is 6.92 Å². The number of Topliss-reactive ketones (excluding diaryl/α,β-unsaturated/α-hetero) is 1. The molecule has 2 heteroatoms. The first-order chi connectivity index (χ1) is 5.27. The molecule has 0 aliphatic heterocycles. The van der Waals surface area contributed by atoms with Crippen LogP contribution in [-0.4, -0.2) is 11.8 Å². The molecule has 0 rings (SSSR count). The molecule has 12 heavy (non-hydrogen) atoms. The third kappa shape index (κ3) is 3.35. The van der Waals surface area contributed by atoms with Gasteiger partial charge >= 0.3 is 0 Å². The highest BCUT2D eigenvalue weighted by Crippen LogP contribution is 2.30. The van der Waals surface area contributed by atoms with E-state index in [0.29, 0.717) is 5.92 Å². The van der Waals surface area contributed by atoms with E-state index in [4.69, 9.17) is 5.73 Å². The minimum Gasteiger partial charge on any atom is -0.322 e. The van der Waals surface area contributed by atoms with Gasteiger partial charge in [-0.25, -0.2) is 0 Å². The summed E-state index contributed by atoms with van der Waals surface area (Å²) in [5.41, 5.74) is 5.85. The Labute approximate surface area is 75.5 Å². The fourth-order valence-electron chi connectivity index (χ4n) is 0.946. The van der Waals surface area contributed by atoms with Gasteiger partial charge in [0.1, 0.15) is 5.78 Å². The van der Waals surface area contributed by atoms with Gasteiger partial charge in [-0.05, 0) is 24.7 Å². The minimum absolute atomic E-state index is 0.0868. The van der Waals surface area contributed by atoms with Crippen molar-refractivity contribution < 1.29 is 4.79 Å². The summed E-state index contributed by atoms with van der Waals surface area (Å²) >= 11 is 0. The fraction of sp³-hybridized carbons (Fsp3) is 0.900. The number of hydrogen-bond acceptors (Lipinski definition) is 2. The summed E-state index contributed by atoms with van der Waals surface area (Å²) in [6.07, 6.45) is 0.778. The van der Waals surface area contributed by atoms with E-state index in [9.17, 15) is 4.79 Å². The Bertz CT molecular complexity index is 161. The summed E-state index contributed by atoms with van der Waals surface area (Å²) in [6.45, 7) is 10.2. The summed E-state index contributed by atoms with van der Waals surface area (Å²) in [5.74, 6) is 0.645. The van der Waals surface area contributed by atoms with E-state index in [1.807, 2.05) is 0 Å². The van der Waals surface area contributed by atoms with Crippen molar-refractivity contribution in [1.82, 2.24) is 0 Å². The van der Waals surface area contributed by atoms with Crippen LogP contribution in [0.25, 0.3) is 0 Å². The van der Waals surface area contributed by atoms with E-state index >= 15 is 0 Å². The van der Waals surface area contributed by atoms with Gasteiger partial charge in [-0.3, -0.25) is 4.79 Å². The molecule has 2 nitrogen and oxygen atoms in total. The fourth-order valence-corrected chi connectivity index (χ4v) is 0.946. The summed E-state index contributed by atoms with van der Waals surface area (Å²) in [6, 6.07) is -0.289. The molecule has 0 saturated carbocycles. The van der Waals surface area contributed by atoms with Crippen LogP contribution in [0.15, 0.2) is 0 Å². The second kappa shape index (κ2) is 4.04. The predicted molar refractivity (Wildman–Crippen MR) is 51.9 cm³/mol. The van der Waals surface area contributed by atoms with Crippen molar-refractivity contribution in [3.8, 4) is 0 Å².